The quantitative estimate of drug-likeness (QED) is 0.620. The standard InChI is InChI=1S/C19H20Cl2N2O4S2/c1-29(25,26)23-11-18(27-17-7-6-15(21)10-16(17)23)19(24)22-8-9-28-12-13-2-4-14(20)5-3-13/h2-7,10,18H,8-9,11-12H2,1H3,(H,22,24)/t18-/m1/s1. The number of ether oxygens (including phenoxy) is 1. The fourth-order valence-corrected chi connectivity index (χ4v) is 4.82. The molecule has 3 rings (SSSR count). The average molecular weight is 475 g/mol. The lowest BCUT2D eigenvalue weighted by Gasteiger charge is -2.34. The number of anilines is 1. The summed E-state index contributed by atoms with van der Waals surface area (Å²) in [5, 5.41) is 3.90. The van der Waals surface area contributed by atoms with Crippen LogP contribution in [0, 0.1) is 0 Å². The van der Waals surface area contributed by atoms with Gasteiger partial charge in [-0.25, -0.2) is 8.42 Å². The van der Waals surface area contributed by atoms with Crippen molar-refractivity contribution in [1.29, 1.82) is 0 Å². The summed E-state index contributed by atoms with van der Waals surface area (Å²) in [7, 11) is -3.58. The van der Waals surface area contributed by atoms with E-state index in [2.05, 4.69) is 5.32 Å². The zero-order valence-corrected chi connectivity index (χ0v) is 18.7. The van der Waals surface area contributed by atoms with Crippen LogP contribution in [0.1, 0.15) is 5.56 Å². The molecule has 0 fully saturated rings. The first-order valence-corrected chi connectivity index (χ1v) is 12.5. The molecular formula is C19H20Cl2N2O4S2. The highest BCUT2D eigenvalue weighted by atomic mass is 35.5. The highest BCUT2D eigenvalue weighted by molar-refractivity contribution is 7.98. The van der Waals surface area contributed by atoms with E-state index in [1.54, 1.807) is 23.9 Å². The SMILES string of the molecule is CS(=O)(=O)N1C[C@H](C(=O)NCCSCc2ccc(Cl)cc2)Oc2ccc(Cl)cc21. The molecule has 10 heteroatoms. The van der Waals surface area contributed by atoms with Gasteiger partial charge in [-0.05, 0) is 35.9 Å². The van der Waals surface area contributed by atoms with E-state index < -0.39 is 16.1 Å². The Bertz CT molecular complexity index is 984. The lowest BCUT2D eigenvalue weighted by molar-refractivity contribution is -0.127. The van der Waals surface area contributed by atoms with Crippen LogP contribution < -0.4 is 14.4 Å². The van der Waals surface area contributed by atoms with Gasteiger partial charge >= 0.3 is 0 Å². The molecule has 1 aliphatic heterocycles. The molecule has 0 aromatic heterocycles. The van der Waals surface area contributed by atoms with Gasteiger partial charge in [0.15, 0.2) is 6.10 Å². The summed E-state index contributed by atoms with van der Waals surface area (Å²) in [5.41, 5.74) is 1.49. The van der Waals surface area contributed by atoms with Gasteiger partial charge in [0.1, 0.15) is 5.75 Å². The van der Waals surface area contributed by atoms with Crippen LogP contribution in [-0.2, 0) is 20.6 Å². The molecule has 0 aliphatic carbocycles. The van der Waals surface area contributed by atoms with Crippen LogP contribution in [0.4, 0.5) is 5.69 Å². The molecule has 0 radical (unpaired) electrons. The Hall–Kier alpha value is -1.61. The maximum atomic E-state index is 12.5. The minimum Gasteiger partial charge on any atom is -0.476 e. The van der Waals surface area contributed by atoms with Crippen molar-refractivity contribution in [3.63, 3.8) is 0 Å². The lowest BCUT2D eigenvalue weighted by Crippen LogP contribution is -2.50. The summed E-state index contributed by atoms with van der Waals surface area (Å²) in [6, 6.07) is 12.3. The normalized spacial score (nSPS) is 16.1. The Morgan fingerprint density at radius 1 is 1.21 bits per heavy atom. The third-order valence-corrected chi connectivity index (χ3v) is 6.87. The van der Waals surface area contributed by atoms with Crippen LogP contribution in [0.15, 0.2) is 42.5 Å². The zero-order chi connectivity index (χ0) is 21.0. The number of thioether (sulfide) groups is 1. The van der Waals surface area contributed by atoms with E-state index in [0.29, 0.717) is 33.8 Å². The van der Waals surface area contributed by atoms with Crippen molar-refractivity contribution in [1.82, 2.24) is 5.32 Å². The van der Waals surface area contributed by atoms with Gasteiger partial charge < -0.3 is 10.1 Å². The molecule has 1 heterocycles. The van der Waals surface area contributed by atoms with Gasteiger partial charge in [0.05, 0.1) is 18.5 Å². The van der Waals surface area contributed by atoms with Crippen molar-refractivity contribution in [3.05, 3.63) is 58.1 Å². The molecule has 0 unspecified atom stereocenters. The lowest BCUT2D eigenvalue weighted by atomic mass is 10.2. The van der Waals surface area contributed by atoms with E-state index in [4.69, 9.17) is 27.9 Å². The highest BCUT2D eigenvalue weighted by Gasteiger charge is 2.35. The molecule has 156 valence electrons. The Morgan fingerprint density at radius 2 is 1.90 bits per heavy atom. The summed E-state index contributed by atoms with van der Waals surface area (Å²) in [6.45, 7) is 0.346. The van der Waals surface area contributed by atoms with E-state index >= 15 is 0 Å². The Balaban J connectivity index is 1.54. The molecule has 0 spiro atoms. The van der Waals surface area contributed by atoms with Crippen LogP contribution >= 0.6 is 35.0 Å². The Morgan fingerprint density at radius 3 is 2.59 bits per heavy atom. The van der Waals surface area contributed by atoms with Crippen LogP contribution in [0.2, 0.25) is 10.0 Å². The first kappa shape index (κ1) is 22.1. The number of carbonyl (C=O) groups excluding carboxylic acids is 1. The van der Waals surface area contributed by atoms with Crippen LogP contribution in [0.5, 0.6) is 5.75 Å². The number of carbonyl (C=O) groups is 1. The summed E-state index contributed by atoms with van der Waals surface area (Å²) in [5.74, 6) is 1.47. The average Bonchev–Trinajstić information content (AvgIpc) is 2.67. The number of rotatable bonds is 7. The van der Waals surface area contributed by atoms with E-state index in [-0.39, 0.29) is 12.5 Å². The predicted molar refractivity (Wildman–Crippen MR) is 119 cm³/mol. The molecule has 2 aromatic rings. The van der Waals surface area contributed by atoms with E-state index in [1.165, 1.54) is 6.07 Å². The number of fused-ring (bicyclic) bond motifs is 1. The number of nitrogens with zero attached hydrogens (tertiary/aromatic N) is 1. The van der Waals surface area contributed by atoms with Crippen molar-refractivity contribution < 1.29 is 17.9 Å². The van der Waals surface area contributed by atoms with Crippen molar-refractivity contribution in [2.75, 3.05) is 29.4 Å². The minimum atomic E-state index is -3.58. The highest BCUT2D eigenvalue weighted by Crippen LogP contribution is 2.37. The fraction of sp³-hybridized carbons (Fsp3) is 0.316. The molecule has 2 aromatic carbocycles. The maximum Gasteiger partial charge on any atom is 0.263 e. The van der Waals surface area contributed by atoms with E-state index in [0.717, 1.165) is 21.9 Å². The number of sulfonamides is 1. The largest absolute Gasteiger partial charge is 0.476 e. The van der Waals surface area contributed by atoms with Crippen molar-refractivity contribution in [2.24, 2.45) is 0 Å². The molecule has 29 heavy (non-hydrogen) atoms. The summed E-state index contributed by atoms with van der Waals surface area (Å²) in [4.78, 5) is 12.5. The Labute approximate surface area is 184 Å². The van der Waals surface area contributed by atoms with Gasteiger partial charge in [0.2, 0.25) is 10.0 Å². The number of amides is 1. The molecule has 1 N–H and O–H groups in total. The smallest absolute Gasteiger partial charge is 0.263 e. The number of nitrogens with one attached hydrogen (secondary N) is 1. The van der Waals surface area contributed by atoms with E-state index in [1.807, 2.05) is 24.3 Å². The second-order valence-electron chi connectivity index (χ2n) is 6.48. The summed E-state index contributed by atoms with van der Waals surface area (Å²) < 4.78 is 31.2. The molecule has 1 amide bonds. The van der Waals surface area contributed by atoms with Crippen LogP contribution in [0.3, 0.4) is 0 Å². The predicted octanol–water partition coefficient (Wildman–Crippen LogP) is 3.57. The molecule has 0 saturated heterocycles. The fourth-order valence-electron chi connectivity index (χ4n) is 2.81. The number of hydrogen-bond donors (Lipinski definition) is 1. The summed E-state index contributed by atoms with van der Waals surface area (Å²) in [6.07, 6.45) is 0.158. The monoisotopic (exact) mass is 474 g/mol. The molecule has 6 nitrogen and oxygen atoms in total. The molecule has 0 bridgehead atoms. The van der Waals surface area contributed by atoms with Crippen molar-refractivity contribution in [2.45, 2.75) is 11.9 Å². The van der Waals surface area contributed by atoms with Crippen LogP contribution in [0.25, 0.3) is 0 Å². The maximum absolute atomic E-state index is 12.5. The second-order valence-corrected chi connectivity index (χ2v) is 10.4. The molecular weight excluding hydrogens is 455 g/mol. The number of halogens is 2. The van der Waals surface area contributed by atoms with Gasteiger partial charge in [-0.2, -0.15) is 11.8 Å². The van der Waals surface area contributed by atoms with E-state index in [9.17, 15) is 13.2 Å². The third kappa shape index (κ3) is 5.94. The van der Waals surface area contributed by atoms with Gasteiger partial charge in [-0.1, -0.05) is 35.3 Å². The topological polar surface area (TPSA) is 75.7 Å². The third-order valence-electron chi connectivity index (χ3n) is 4.21. The van der Waals surface area contributed by atoms with Crippen LogP contribution in [-0.4, -0.2) is 45.5 Å². The number of benzene rings is 2. The van der Waals surface area contributed by atoms with Crippen molar-refractivity contribution >= 4 is 56.6 Å². The first-order valence-electron chi connectivity index (χ1n) is 8.78. The first-order chi connectivity index (χ1) is 13.7. The van der Waals surface area contributed by atoms with Gasteiger partial charge in [-0.15, -0.1) is 0 Å². The molecule has 1 aliphatic rings. The zero-order valence-electron chi connectivity index (χ0n) is 15.6. The molecule has 1 atom stereocenters. The van der Waals surface area contributed by atoms with Gasteiger partial charge in [0, 0.05) is 28.1 Å². The Kier molecular flexibility index (Phi) is 7.21. The van der Waals surface area contributed by atoms with Gasteiger partial charge in [-0.3, -0.25) is 9.10 Å². The molecule has 0 saturated carbocycles. The van der Waals surface area contributed by atoms with Gasteiger partial charge in [0.25, 0.3) is 5.91 Å². The summed E-state index contributed by atoms with van der Waals surface area (Å²) >= 11 is 13.5. The number of hydrogen-bond acceptors (Lipinski definition) is 5. The second kappa shape index (κ2) is 9.47. The van der Waals surface area contributed by atoms with Crippen molar-refractivity contribution in [3.8, 4) is 5.75 Å². The minimum absolute atomic E-state index is 0.101.